The first-order valence-corrected chi connectivity index (χ1v) is 5.76. The number of amides is 1. The van der Waals surface area contributed by atoms with Crippen LogP contribution in [0.15, 0.2) is 0 Å². The van der Waals surface area contributed by atoms with Crippen LogP contribution < -0.4 is 0 Å². The van der Waals surface area contributed by atoms with E-state index in [1.54, 1.807) is 5.06 Å². The maximum Gasteiger partial charge on any atom is 0.248 e. The molecule has 0 aromatic rings. The van der Waals surface area contributed by atoms with E-state index in [4.69, 9.17) is 4.84 Å². The summed E-state index contributed by atoms with van der Waals surface area (Å²) in [6.07, 6.45) is 6.63. The summed E-state index contributed by atoms with van der Waals surface area (Å²) in [5, 5.41) is 1.64. The van der Waals surface area contributed by atoms with Crippen LogP contribution in [-0.2, 0) is 9.63 Å². The number of carbonyl (C=O) groups excluding carboxylic acids is 1. The van der Waals surface area contributed by atoms with Crippen LogP contribution in [0.5, 0.6) is 0 Å². The first-order valence-electron chi connectivity index (χ1n) is 5.76. The number of hydrogen-bond acceptors (Lipinski definition) is 2. The van der Waals surface area contributed by atoms with Gasteiger partial charge >= 0.3 is 0 Å². The largest absolute Gasteiger partial charge is 0.272 e. The fourth-order valence-electron chi connectivity index (χ4n) is 2.51. The summed E-state index contributed by atoms with van der Waals surface area (Å²) >= 11 is 0. The van der Waals surface area contributed by atoms with Gasteiger partial charge < -0.3 is 0 Å². The molecule has 3 nitrogen and oxygen atoms in total. The Bertz CT molecular complexity index is 209. The number of nitrogens with zero attached hydrogens (tertiary/aromatic N) is 1. The van der Waals surface area contributed by atoms with E-state index in [1.165, 1.54) is 19.3 Å². The summed E-state index contributed by atoms with van der Waals surface area (Å²) in [5.74, 6) is 1.06. The molecule has 2 rings (SSSR count). The Kier molecular flexibility index (Phi) is 3.06. The lowest BCUT2D eigenvalue weighted by Crippen LogP contribution is -2.37. The van der Waals surface area contributed by atoms with E-state index in [0.29, 0.717) is 19.1 Å². The molecule has 1 aliphatic carbocycles. The Labute approximate surface area is 85.4 Å². The number of hydroxylamine groups is 2. The van der Waals surface area contributed by atoms with Gasteiger partial charge in [-0.15, -0.1) is 0 Å². The standard InChI is InChI=1S/C11H19NO2/c1-2-9-3-5-10(6-4-9)12-11(13)7-8-14-12/h9-10H,2-8H2,1H3. The zero-order valence-corrected chi connectivity index (χ0v) is 8.87. The molecule has 1 heterocycles. The summed E-state index contributed by atoms with van der Waals surface area (Å²) < 4.78 is 0. The van der Waals surface area contributed by atoms with Gasteiger partial charge in [0, 0.05) is 0 Å². The molecule has 0 N–H and O–H groups in total. The minimum atomic E-state index is 0.185. The van der Waals surface area contributed by atoms with Crippen molar-refractivity contribution in [3.63, 3.8) is 0 Å². The molecular weight excluding hydrogens is 178 g/mol. The predicted octanol–water partition coefficient (Wildman–Crippen LogP) is 2.12. The van der Waals surface area contributed by atoms with Gasteiger partial charge in [-0.2, -0.15) is 0 Å². The van der Waals surface area contributed by atoms with Crippen LogP contribution in [0, 0.1) is 5.92 Å². The van der Waals surface area contributed by atoms with Gasteiger partial charge in [0.05, 0.1) is 19.1 Å². The predicted molar refractivity (Wildman–Crippen MR) is 53.5 cm³/mol. The highest BCUT2D eigenvalue weighted by Crippen LogP contribution is 2.30. The van der Waals surface area contributed by atoms with Crippen molar-refractivity contribution in [3.8, 4) is 0 Å². The fourth-order valence-corrected chi connectivity index (χ4v) is 2.51. The summed E-state index contributed by atoms with van der Waals surface area (Å²) in [7, 11) is 0. The van der Waals surface area contributed by atoms with Crippen LogP contribution >= 0.6 is 0 Å². The minimum absolute atomic E-state index is 0.185. The highest BCUT2D eigenvalue weighted by Gasteiger charge is 2.32. The van der Waals surface area contributed by atoms with Gasteiger partial charge in [-0.05, 0) is 31.6 Å². The SMILES string of the molecule is CCC1CCC(N2OCCC2=O)CC1. The second kappa shape index (κ2) is 4.30. The van der Waals surface area contributed by atoms with Gasteiger partial charge in [-0.3, -0.25) is 9.63 Å². The maximum atomic E-state index is 11.4. The van der Waals surface area contributed by atoms with E-state index in [0.717, 1.165) is 18.8 Å². The molecule has 0 spiro atoms. The summed E-state index contributed by atoms with van der Waals surface area (Å²) in [6.45, 7) is 2.84. The van der Waals surface area contributed by atoms with Crippen molar-refractivity contribution in [1.82, 2.24) is 5.06 Å². The second-order valence-corrected chi connectivity index (χ2v) is 4.39. The van der Waals surface area contributed by atoms with Gasteiger partial charge in [0.25, 0.3) is 0 Å². The molecule has 0 unspecified atom stereocenters. The van der Waals surface area contributed by atoms with Crippen LogP contribution in [0.1, 0.15) is 45.4 Å². The lowest BCUT2D eigenvalue weighted by atomic mass is 9.84. The summed E-state index contributed by atoms with van der Waals surface area (Å²) in [5.41, 5.74) is 0. The van der Waals surface area contributed by atoms with Crippen molar-refractivity contribution in [2.75, 3.05) is 6.61 Å². The van der Waals surface area contributed by atoms with Crippen molar-refractivity contribution in [3.05, 3.63) is 0 Å². The smallest absolute Gasteiger partial charge is 0.248 e. The average Bonchev–Trinajstić information content (AvgIpc) is 2.65. The lowest BCUT2D eigenvalue weighted by Gasteiger charge is -2.32. The number of rotatable bonds is 2. The average molecular weight is 197 g/mol. The minimum Gasteiger partial charge on any atom is -0.272 e. The molecule has 14 heavy (non-hydrogen) atoms. The van der Waals surface area contributed by atoms with Crippen molar-refractivity contribution in [2.45, 2.75) is 51.5 Å². The molecule has 0 aromatic carbocycles. The summed E-state index contributed by atoms with van der Waals surface area (Å²) in [4.78, 5) is 16.8. The van der Waals surface area contributed by atoms with Crippen LogP contribution in [0.25, 0.3) is 0 Å². The third kappa shape index (κ3) is 1.92. The number of carbonyl (C=O) groups is 1. The Morgan fingerprint density at radius 2 is 2.07 bits per heavy atom. The van der Waals surface area contributed by atoms with Crippen molar-refractivity contribution in [2.24, 2.45) is 5.92 Å². The van der Waals surface area contributed by atoms with Crippen molar-refractivity contribution in [1.29, 1.82) is 0 Å². The Morgan fingerprint density at radius 1 is 1.36 bits per heavy atom. The van der Waals surface area contributed by atoms with E-state index < -0.39 is 0 Å². The van der Waals surface area contributed by atoms with Gasteiger partial charge in [0.1, 0.15) is 0 Å². The molecule has 1 aliphatic heterocycles. The highest BCUT2D eigenvalue weighted by atomic mass is 16.7. The van der Waals surface area contributed by atoms with E-state index in [-0.39, 0.29) is 5.91 Å². The number of hydrogen-bond donors (Lipinski definition) is 0. The monoisotopic (exact) mass is 197 g/mol. The molecule has 2 fully saturated rings. The normalized spacial score (nSPS) is 33.8. The first-order chi connectivity index (χ1) is 6.81. The van der Waals surface area contributed by atoms with Gasteiger partial charge in [0.15, 0.2) is 0 Å². The van der Waals surface area contributed by atoms with E-state index >= 15 is 0 Å². The molecule has 80 valence electrons. The quantitative estimate of drug-likeness (QED) is 0.678. The first kappa shape index (κ1) is 9.97. The van der Waals surface area contributed by atoms with E-state index in [1.807, 2.05) is 0 Å². The van der Waals surface area contributed by atoms with Gasteiger partial charge in [0.2, 0.25) is 5.91 Å². The Morgan fingerprint density at radius 3 is 2.57 bits per heavy atom. The van der Waals surface area contributed by atoms with E-state index in [9.17, 15) is 4.79 Å². The van der Waals surface area contributed by atoms with Crippen LogP contribution in [0.3, 0.4) is 0 Å². The zero-order valence-electron chi connectivity index (χ0n) is 8.87. The molecular formula is C11H19NO2. The molecule has 0 bridgehead atoms. The second-order valence-electron chi connectivity index (χ2n) is 4.39. The molecule has 0 radical (unpaired) electrons. The van der Waals surface area contributed by atoms with E-state index in [2.05, 4.69) is 6.92 Å². The highest BCUT2D eigenvalue weighted by molar-refractivity contribution is 5.76. The van der Waals surface area contributed by atoms with Gasteiger partial charge in [-0.1, -0.05) is 13.3 Å². The third-order valence-electron chi connectivity index (χ3n) is 3.52. The molecule has 3 heteroatoms. The van der Waals surface area contributed by atoms with Crippen LogP contribution in [-0.4, -0.2) is 23.6 Å². The molecule has 1 saturated heterocycles. The van der Waals surface area contributed by atoms with Crippen LogP contribution in [0.2, 0.25) is 0 Å². The summed E-state index contributed by atoms with van der Waals surface area (Å²) in [6, 6.07) is 0.368. The zero-order chi connectivity index (χ0) is 9.97. The maximum absolute atomic E-state index is 11.4. The van der Waals surface area contributed by atoms with Gasteiger partial charge in [-0.25, -0.2) is 5.06 Å². The molecule has 2 aliphatic rings. The van der Waals surface area contributed by atoms with Crippen molar-refractivity contribution < 1.29 is 9.63 Å². The topological polar surface area (TPSA) is 29.5 Å². The van der Waals surface area contributed by atoms with Crippen molar-refractivity contribution >= 4 is 5.91 Å². The fraction of sp³-hybridized carbons (Fsp3) is 0.909. The molecule has 1 amide bonds. The Hall–Kier alpha value is -0.570. The molecule has 0 aromatic heterocycles. The third-order valence-corrected chi connectivity index (χ3v) is 3.52. The molecule has 1 saturated carbocycles. The lowest BCUT2D eigenvalue weighted by molar-refractivity contribution is -0.177. The van der Waals surface area contributed by atoms with Crippen LogP contribution in [0.4, 0.5) is 0 Å². The Balaban J connectivity index is 1.85. The molecule has 0 atom stereocenters.